The molecule has 0 spiro atoms. The molecule has 25 heavy (non-hydrogen) atoms. The van der Waals surface area contributed by atoms with Gasteiger partial charge in [-0.25, -0.2) is 0 Å². The molecular weight excluding hydrogens is 336 g/mol. The Morgan fingerprint density at radius 2 is 0.960 bits per heavy atom. The Balaban J connectivity index is 1.36. The highest BCUT2D eigenvalue weighted by molar-refractivity contribution is 5.01. The van der Waals surface area contributed by atoms with Crippen LogP contribution in [-0.2, 0) is 23.7 Å². The molecule has 4 aliphatic heterocycles. The summed E-state index contributed by atoms with van der Waals surface area (Å²) in [5.41, 5.74) is 0. The Morgan fingerprint density at radius 1 is 0.560 bits per heavy atom. The third kappa shape index (κ3) is 4.15. The number of ether oxygens (including phenoxy) is 5. The van der Waals surface area contributed by atoms with Gasteiger partial charge in [0.05, 0.1) is 50.8 Å². The topological polar surface area (TPSA) is 140 Å². The summed E-state index contributed by atoms with van der Waals surface area (Å²) in [6, 6.07) is 0. The molecule has 0 aliphatic carbocycles. The lowest BCUT2D eigenvalue weighted by Gasteiger charge is -2.22. The van der Waals surface area contributed by atoms with Crippen LogP contribution < -0.4 is 0 Å². The quantitative estimate of drug-likeness (QED) is 0.279. The van der Waals surface area contributed by atoms with Crippen LogP contribution >= 0.6 is 0 Å². The van der Waals surface area contributed by atoms with E-state index in [4.69, 9.17) is 33.9 Å². The molecule has 9 nitrogen and oxygen atoms in total. The van der Waals surface area contributed by atoms with Crippen LogP contribution in [0.3, 0.4) is 0 Å². The maximum Gasteiger partial charge on any atom is 0.113 e. The fraction of sp³-hybridized carbons (Fsp3) is 1.00. The first-order valence-electron chi connectivity index (χ1n) is 8.89. The molecule has 0 saturated carbocycles. The minimum absolute atomic E-state index is 0.0256. The number of hydrogen-bond donors (Lipinski definition) is 4. The summed E-state index contributed by atoms with van der Waals surface area (Å²) in [4.78, 5) is 0. The second-order valence-electron chi connectivity index (χ2n) is 7.12. The predicted octanol–water partition coefficient (Wildman–Crippen LogP) is -2.44. The molecule has 0 amide bonds. The van der Waals surface area contributed by atoms with Crippen LogP contribution in [0.25, 0.3) is 0 Å². The van der Waals surface area contributed by atoms with Gasteiger partial charge in [-0.1, -0.05) is 0 Å². The SMILES string of the molecule is OCC1OC1CC(OC(CC1OC1CO)C1OC1CO)C1OC1CO. The van der Waals surface area contributed by atoms with Gasteiger partial charge in [0.1, 0.15) is 36.6 Å². The molecule has 4 saturated heterocycles. The zero-order valence-corrected chi connectivity index (χ0v) is 13.8. The summed E-state index contributed by atoms with van der Waals surface area (Å²) in [5.74, 6) is 0. The van der Waals surface area contributed by atoms with Crippen molar-refractivity contribution in [2.45, 2.75) is 73.9 Å². The van der Waals surface area contributed by atoms with Crippen LogP contribution in [0.2, 0.25) is 0 Å². The molecule has 144 valence electrons. The zero-order valence-electron chi connectivity index (χ0n) is 13.8. The third-order valence-corrected chi connectivity index (χ3v) is 5.35. The summed E-state index contributed by atoms with van der Waals surface area (Å²) in [6.45, 7) is -0.187. The van der Waals surface area contributed by atoms with E-state index < -0.39 is 0 Å². The molecule has 4 rings (SSSR count). The summed E-state index contributed by atoms with van der Waals surface area (Å²) >= 11 is 0. The van der Waals surface area contributed by atoms with E-state index in [-0.39, 0.29) is 87.5 Å². The number of hydrogen-bond acceptors (Lipinski definition) is 9. The normalized spacial score (nSPS) is 46.6. The first-order valence-corrected chi connectivity index (χ1v) is 8.89. The minimum Gasteiger partial charge on any atom is -0.394 e. The lowest BCUT2D eigenvalue weighted by atomic mass is 10.0. The van der Waals surface area contributed by atoms with Gasteiger partial charge in [-0.05, 0) is 0 Å². The van der Waals surface area contributed by atoms with Crippen LogP contribution in [0.4, 0.5) is 0 Å². The van der Waals surface area contributed by atoms with Gasteiger partial charge < -0.3 is 44.1 Å². The Bertz CT molecular complexity index is 423. The second kappa shape index (κ2) is 7.34. The molecule has 0 radical (unpaired) electrons. The summed E-state index contributed by atoms with van der Waals surface area (Å²) in [6.07, 6.45) is -0.841. The van der Waals surface area contributed by atoms with E-state index in [1.54, 1.807) is 0 Å². The van der Waals surface area contributed by atoms with Gasteiger partial charge >= 0.3 is 0 Å². The Kier molecular flexibility index (Phi) is 5.29. The highest BCUT2D eigenvalue weighted by Crippen LogP contribution is 2.40. The monoisotopic (exact) mass is 362 g/mol. The molecule has 10 unspecified atom stereocenters. The largest absolute Gasteiger partial charge is 0.394 e. The molecule has 4 N–H and O–H groups in total. The smallest absolute Gasteiger partial charge is 0.113 e. The molecule has 0 bridgehead atoms. The van der Waals surface area contributed by atoms with Gasteiger partial charge in [-0.15, -0.1) is 0 Å². The van der Waals surface area contributed by atoms with Gasteiger partial charge in [0.15, 0.2) is 0 Å². The van der Waals surface area contributed by atoms with Crippen molar-refractivity contribution < 1.29 is 44.1 Å². The first-order chi connectivity index (χ1) is 12.2. The van der Waals surface area contributed by atoms with Crippen molar-refractivity contribution in [2.75, 3.05) is 26.4 Å². The third-order valence-electron chi connectivity index (χ3n) is 5.35. The maximum absolute atomic E-state index is 9.27. The Labute approximate surface area is 145 Å². The van der Waals surface area contributed by atoms with Crippen molar-refractivity contribution in [1.82, 2.24) is 0 Å². The molecule has 4 fully saturated rings. The predicted molar refractivity (Wildman–Crippen MR) is 80.9 cm³/mol. The van der Waals surface area contributed by atoms with E-state index in [9.17, 15) is 10.2 Å². The molecule has 0 aromatic rings. The van der Waals surface area contributed by atoms with E-state index in [0.717, 1.165) is 0 Å². The number of aliphatic hydroxyl groups excluding tert-OH is 4. The van der Waals surface area contributed by atoms with Gasteiger partial charge in [0, 0.05) is 12.8 Å². The summed E-state index contributed by atoms with van der Waals surface area (Å²) in [7, 11) is 0. The van der Waals surface area contributed by atoms with Crippen molar-refractivity contribution in [3.63, 3.8) is 0 Å². The molecule has 0 aromatic heterocycles. The highest BCUT2D eigenvalue weighted by atomic mass is 16.7. The standard InChI is InChI=1S/C16H26O9/c17-3-11-7(21-11)1-9(15-13(5-19)24-15)23-10(16-14(6-20)25-16)2-8-12(4-18)22-8/h7-20H,1-6H2. The minimum atomic E-state index is -0.293. The van der Waals surface area contributed by atoms with E-state index in [2.05, 4.69) is 0 Å². The van der Waals surface area contributed by atoms with Crippen molar-refractivity contribution in [1.29, 1.82) is 0 Å². The Morgan fingerprint density at radius 3 is 1.24 bits per heavy atom. The molecule has 4 aliphatic rings. The average molecular weight is 362 g/mol. The first kappa shape index (κ1) is 18.0. The summed E-state index contributed by atoms with van der Waals surface area (Å²) < 4.78 is 28.0. The Hall–Kier alpha value is -0.360. The lowest BCUT2D eigenvalue weighted by molar-refractivity contribution is -0.0504. The van der Waals surface area contributed by atoms with Gasteiger partial charge in [-0.3, -0.25) is 0 Å². The van der Waals surface area contributed by atoms with Crippen LogP contribution in [0.5, 0.6) is 0 Å². The fourth-order valence-corrected chi connectivity index (χ4v) is 3.57. The number of aliphatic hydroxyl groups is 4. The molecule has 10 atom stereocenters. The highest BCUT2D eigenvalue weighted by Gasteiger charge is 2.54. The van der Waals surface area contributed by atoms with Gasteiger partial charge in [0.2, 0.25) is 0 Å². The van der Waals surface area contributed by atoms with Crippen LogP contribution in [-0.4, -0.2) is 108 Å². The van der Waals surface area contributed by atoms with Crippen LogP contribution in [0.15, 0.2) is 0 Å². The maximum atomic E-state index is 9.27. The van der Waals surface area contributed by atoms with E-state index in [1.807, 2.05) is 0 Å². The zero-order chi connectivity index (χ0) is 17.6. The second-order valence-corrected chi connectivity index (χ2v) is 7.12. The van der Waals surface area contributed by atoms with Crippen molar-refractivity contribution in [2.24, 2.45) is 0 Å². The molecule has 9 heteroatoms. The van der Waals surface area contributed by atoms with Gasteiger partial charge in [-0.2, -0.15) is 0 Å². The number of rotatable bonds is 12. The molecule has 0 aromatic carbocycles. The van der Waals surface area contributed by atoms with E-state index in [0.29, 0.717) is 12.8 Å². The van der Waals surface area contributed by atoms with Crippen molar-refractivity contribution >= 4 is 0 Å². The average Bonchev–Trinajstić information content (AvgIpc) is 3.48. The lowest BCUT2D eigenvalue weighted by Crippen LogP contribution is -2.35. The molecular formula is C16H26O9. The number of epoxide rings is 4. The van der Waals surface area contributed by atoms with Crippen molar-refractivity contribution in [3.8, 4) is 0 Å². The van der Waals surface area contributed by atoms with Gasteiger partial charge in [0.25, 0.3) is 0 Å². The van der Waals surface area contributed by atoms with Crippen molar-refractivity contribution in [3.05, 3.63) is 0 Å². The van der Waals surface area contributed by atoms with E-state index in [1.165, 1.54) is 0 Å². The fourth-order valence-electron chi connectivity index (χ4n) is 3.57. The molecule has 4 heterocycles. The van der Waals surface area contributed by atoms with Crippen LogP contribution in [0.1, 0.15) is 12.8 Å². The summed E-state index contributed by atoms with van der Waals surface area (Å²) in [5, 5.41) is 36.8. The van der Waals surface area contributed by atoms with Crippen LogP contribution in [0, 0.1) is 0 Å². The van der Waals surface area contributed by atoms with E-state index >= 15 is 0 Å².